The van der Waals surface area contributed by atoms with Crippen molar-refractivity contribution in [2.75, 3.05) is 18.5 Å². The normalized spacial score (nSPS) is 15.7. The molecule has 0 radical (unpaired) electrons. The number of carbonyl (C=O) groups is 1. The molecule has 1 amide bonds. The van der Waals surface area contributed by atoms with E-state index in [1.807, 2.05) is 55.6 Å². The first-order chi connectivity index (χ1) is 12.1. The number of hydrogen-bond acceptors (Lipinski definition) is 4. The van der Waals surface area contributed by atoms with Crippen molar-refractivity contribution in [3.63, 3.8) is 0 Å². The Labute approximate surface area is 157 Å². The van der Waals surface area contributed by atoms with Crippen molar-refractivity contribution in [3.05, 3.63) is 77.7 Å². The molecule has 3 nitrogen and oxygen atoms in total. The van der Waals surface area contributed by atoms with Crippen LogP contribution in [0.4, 0.5) is 11.4 Å². The minimum absolute atomic E-state index is 0.0552. The van der Waals surface area contributed by atoms with E-state index in [1.54, 1.807) is 11.0 Å². The molecule has 5 heteroatoms. The third-order valence-electron chi connectivity index (χ3n) is 3.91. The smallest absolute Gasteiger partial charge is 0.266 e. The Morgan fingerprint density at radius 3 is 2.40 bits per heavy atom. The van der Waals surface area contributed by atoms with Crippen LogP contribution in [-0.2, 0) is 4.79 Å². The predicted molar refractivity (Wildman–Crippen MR) is 111 cm³/mol. The molecule has 2 aromatic rings. The third-order valence-corrected chi connectivity index (χ3v) is 5.28. The van der Waals surface area contributed by atoms with Crippen LogP contribution in [0.1, 0.15) is 5.56 Å². The minimum Gasteiger partial charge on any atom is -0.345 e. The van der Waals surface area contributed by atoms with Gasteiger partial charge in [0.1, 0.15) is 4.32 Å². The summed E-state index contributed by atoms with van der Waals surface area (Å²) in [6.45, 7) is 4.11. The Hall–Kier alpha value is -2.37. The van der Waals surface area contributed by atoms with Crippen LogP contribution in [0.15, 0.2) is 72.2 Å². The second kappa shape index (κ2) is 7.68. The second-order valence-electron chi connectivity index (χ2n) is 5.57. The van der Waals surface area contributed by atoms with Gasteiger partial charge in [0.05, 0.1) is 4.91 Å². The maximum Gasteiger partial charge on any atom is 0.266 e. The van der Waals surface area contributed by atoms with Gasteiger partial charge in [-0.1, -0.05) is 60.4 Å². The molecule has 1 heterocycles. The highest BCUT2D eigenvalue weighted by atomic mass is 32.2. The SMILES string of the molecule is C=CCN1C(=O)C(=Cc2ccc(N(C)c3ccccc3)cc2)SC1=S. The van der Waals surface area contributed by atoms with E-state index in [2.05, 4.69) is 23.6 Å². The van der Waals surface area contributed by atoms with Gasteiger partial charge in [0.15, 0.2) is 0 Å². The first kappa shape index (κ1) is 17.5. The van der Waals surface area contributed by atoms with Crippen molar-refractivity contribution < 1.29 is 4.79 Å². The van der Waals surface area contributed by atoms with Gasteiger partial charge in [0.25, 0.3) is 5.91 Å². The zero-order valence-electron chi connectivity index (χ0n) is 13.9. The molecule has 3 rings (SSSR count). The number of rotatable bonds is 5. The van der Waals surface area contributed by atoms with Gasteiger partial charge in [-0.2, -0.15) is 0 Å². The first-order valence-corrected chi connectivity index (χ1v) is 9.08. The Morgan fingerprint density at radius 2 is 1.76 bits per heavy atom. The van der Waals surface area contributed by atoms with Crippen LogP contribution in [0.25, 0.3) is 6.08 Å². The Morgan fingerprint density at radius 1 is 1.12 bits per heavy atom. The van der Waals surface area contributed by atoms with E-state index in [0.29, 0.717) is 15.8 Å². The number of para-hydroxylation sites is 1. The number of hydrogen-bond donors (Lipinski definition) is 0. The van der Waals surface area contributed by atoms with E-state index < -0.39 is 0 Å². The highest BCUT2D eigenvalue weighted by Crippen LogP contribution is 2.33. The molecule has 0 spiro atoms. The van der Waals surface area contributed by atoms with Gasteiger partial charge in [0, 0.05) is 25.0 Å². The summed E-state index contributed by atoms with van der Waals surface area (Å²) >= 11 is 6.59. The molecule has 0 aliphatic carbocycles. The molecular weight excluding hydrogens is 348 g/mol. The van der Waals surface area contributed by atoms with Crippen LogP contribution < -0.4 is 4.90 Å². The first-order valence-electron chi connectivity index (χ1n) is 7.85. The molecule has 126 valence electrons. The fourth-order valence-electron chi connectivity index (χ4n) is 2.53. The largest absolute Gasteiger partial charge is 0.345 e. The molecule has 1 aliphatic rings. The molecular formula is C20H18N2OS2. The number of carbonyl (C=O) groups excluding carboxylic acids is 1. The van der Waals surface area contributed by atoms with Crippen molar-refractivity contribution in [2.45, 2.75) is 0 Å². The summed E-state index contributed by atoms with van der Waals surface area (Å²) in [5.41, 5.74) is 3.19. The van der Waals surface area contributed by atoms with E-state index >= 15 is 0 Å². The molecule has 2 aromatic carbocycles. The number of nitrogens with zero attached hydrogens (tertiary/aromatic N) is 2. The lowest BCUT2D eigenvalue weighted by atomic mass is 10.1. The van der Waals surface area contributed by atoms with Crippen LogP contribution >= 0.6 is 24.0 Å². The fraction of sp³-hybridized carbons (Fsp3) is 0.100. The summed E-state index contributed by atoms with van der Waals surface area (Å²) in [4.78, 5) is 16.7. The average molecular weight is 367 g/mol. The van der Waals surface area contributed by atoms with Crippen molar-refractivity contribution in [1.82, 2.24) is 4.90 Å². The summed E-state index contributed by atoms with van der Waals surface area (Å²) in [5.74, 6) is -0.0552. The van der Waals surface area contributed by atoms with E-state index in [1.165, 1.54) is 11.8 Å². The lowest BCUT2D eigenvalue weighted by molar-refractivity contribution is -0.121. The maximum atomic E-state index is 12.4. The topological polar surface area (TPSA) is 23.6 Å². The van der Waals surface area contributed by atoms with Crippen LogP contribution in [0.2, 0.25) is 0 Å². The molecule has 0 bridgehead atoms. The predicted octanol–water partition coefficient (Wildman–Crippen LogP) is 4.84. The van der Waals surface area contributed by atoms with Gasteiger partial charge in [-0.25, -0.2) is 0 Å². The Kier molecular flexibility index (Phi) is 5.36. The summed E-state index contributed by atoms with van der Waals surface area (Å²) in [5, 5.41) is 0. The summed E-state index contributed by atoms with van der Waals surface area (Å²) in [6, 6.07) is 18.3. The second-order valence-corrected chi connectivity index (χ2v) is 7.24. The van der Waals surface area contributed by atoms with E-state index in [4.69, 9.17) is 12.2 Å². The molecule has 0 saturated carbocycles. The number of benzene rings is 2. The van der Waals surface area contributed by atoms with Gasteiger partial charge in [0.2, 0.25) is 0 Å². The van der Waals surface area contributed by atoms with E-state index in [-0.39, 0.29) is 5.91 Å². The number of amides is 1. The Bertz CT molecular complexity index is 829. The van der Waals surface area contributed by atoms with Crippen LogP contribution in [0.3, 0.4) is 0 Å². The van der Waals surface area contributed by atoms with Crippen molar-refractivity contribution in [1.29, 1.82) is 0 Å². The van der Waals surface area contributed by atoms with Crippen LogP contribution in [-0.4, -0.2) is 28.7 Å². The summed E-state index contributed by atoms with van der Waals surface area (Å²) < 4.78 is 0.580. The lowest BCUT2D eigenvalue weighted by Gasteiger charge is -2.19. The highest BCUT2D eigenvalue weighted by Gasteiger charge is 2.30. The average Bonchev–Trinajstić information content (AvgIpc) is 2.90. The molecule has 0 unspecified atom stereocenters. The van der Waals surface area contributed by atoms with E-state index in [9.17, 15) is 4.79 Å². The molecule has 25 heavy (non-hydrogen) atoms. The molecule has 1 aliphatic heterocycles. The van der Waals surface area contributed by atoms with Crippen molar-refractivity contribution in [2.24, 2.45) is 0 Å². The van der Waals surface area contributed by atoms with Crippen LogP contribution in [0, 0.1) is 0 Å². The lowest BCUT2D eigenvalue weighted by Crippen LogP contribution is -2.27. The number of thiocarbonyl (C=S) groups is 1. The fourth-order valence-corrected chi connectivity index (χ4v) is 3.81. The number of anilines is 2. The highest BCUT2D eigenvalue weighted by molar-refractivity contribution is 8.26. The van der Waals surface area contributed by atoms with E-state index in [0.717, 1.165) is 16.9 Å². The third kappa shape index (κ3) is 3.83. The van der Waals surface area contributed by atoms with Crippen molar-refractivity contribution in [3.8, 4) is 0 Å². The monoisotopic (exact) mass is 366 g/mol. The van der Waals surface area contributed by atoms with Gasteiger partial charge in [-0.15, -0.1) is 6.58 Å². The number of thioether (sulfide) groups is 1. The minimum atomic E-state index is -0.0552. The van der Waals surface area contributed by atoms with Gasteiger partial charge in [-0.3, -0.25) is 9.69 Å². The van der Waals surface area contributed by atoms with Gasteiger partial charge >= 0.3 is 0 Å². The van der Waals surface area contributed by atoms with Gasteiger partial charge < -0.3 is 4.90 Å². The van der Waals surface area contributed by atoms with Gasteiger partial charge in [-0.05, 0) is 35.9 Å². The Balaban J connectivity index is 1.78. The zero-order chi connectivity index (χ0) is 17.8. The summed E-state index contributed by atoms with van der Waals surface area (Å²) in [7, 11) is 2.03. The zero-order valence-corrected chi connectivity index (χ0v) is 15.5. The molecule has 1 fully saturated rings. The molecule has 0 aromatic heterocycles. The van der Waals surface area contributed by atoms with Crippen molar-refractivity contribution >= 4 is 51.7 Å². The molecule has 1 saturated heterocycles. The van der Waals surface area contributed by atoms with Crippen LogP contribution in [0.5, 0.6) is 0 Å². The summed E-state index contributed by atoms with van der Waals surface area (Å²) in [6.07, 6.45) is 3.57. The molecule has 0 atom stereocenters. The molecule has 0 N–H and O–H groups in total. The maximum absolute atomic E-state index is 12.4. The standard InChI is InChI=1S/C20H18N2OS2/c1-3-13-22-19(23)18(25-20(22)24)14-15-9-11-17(12-10-15)21(2)16-7-5-4-6-8-16/h3-12,14H,1,13H2,2H3. The quantitative estimate of drug-likeness (QED) is 0.429.